The Morgan fingerprint density at radius 2 is 1.95 bits per heavy atom. The molecule has 1 amide bonds. The number of fused-ring (bicyclic) bond motifs is 1. The van der Waals surface area contributed by atoms with Crippen LogP contribution >= 0.6 is 0 Å². The summed E-state index contributed by atoms with van der Waals surface area (Å²) in [4.78, 5) is 33.2. The lowest BCUT2D eigenvalue weighted by Gasteiger charge is -2.34. The quantitative estimate of drug-likeness (QED) is 0.410. The Morgan fingerprint density at radius 1 is 1.16 bits per heavy atom. The minimum absolute atomic E-state index is 0.0121. The molecular weight excluding hydrogens is 462 g/mol. The van der Waals surface area contributed by atoms with Gasteiger partial charge in [-0.1, -0.05) is 61.2 Å². The van der Waals surface area contributed by atoms with Gasteiger partial charge in [0.15, 0.2) is 5.69 Å². The molecule has 37 heavy (non-hydrogen) atoms. The second kappa shape index (κ2) is 12.0. The van der Waals surface area contributed by atoms with Crippen molar-refractivity contribution < 1.29 is 9.53 Å². The van der Waals surface area contributed by atoms with E-state index in [1.165, 1.54) is 12.0 Å². The van der Waals surface area contributed by atoms with Crippen LogP contribution in [0.2, 0.25) is 0 Å². The van der Waals surface area contributed by atoms with E-state index in [0.717, 1.165) is 36.0 Å². The molecule has 0 saturated heterocycles. The van der Waals surface area contributed by atoms with Crippen molar-refractivity contribution in [3.8, 4) is 5.75 Å². The zero-order chi connectivity index (χ0) is 26.4. The number of carbonyl (C=O) groups is 1. The Labute approximate surface area is 219 Å². The minimum Gasteiger partial charge on any atom is -0.481 e. The van der Waals surface area contributed by atoms with E-state index in [9.17, 15) is 9.59 Å². The van der Waals surface area contributed by atoms with Crippen molar-refractivity contribution in [3.63, 3.8) is 0 Å². The van der Waals surface area contributed by atoms with E-state index in [1.54, 1.807) is 4.90 Å². The Balaban J connectivity index is 1.80. The normalized spacial score (nSPS) is 16.5. The zero-order valence-electron chi connectivity index (χ0n) is 22.2. The Kier molecular flexibility index (Phi) is 8.59. The summed E-state index contributed by atoms with van der Waals surface area (Å²) in [5.41, 5.74) is 4.15. The van der Waals surface area contributed by atoms with Gasteiger partial charge in [-0.3, -0.25) is 9.59 Å². The number of nitrogens with zero attached hydrogens (tertiary/aromatic N) is 3. The van der Waals surface area contributed by atoms with Gasteiger partial charge >= 0.3 is 5.56 Å². The highest BCUT2D eigenvalue weighted by Crippen LogP contribution is 2.30. The molecule has 0 saturated carbocycles. The van der Waals surface area contributed by atoms with Crippen LogP contribution in [0, 0.1) is 0 Å². The van der Waals surface area contributed by atoms with Gasteiger partial charge in [-0.05, 0) is 68.7 Å². The first-order chi connectivity index (χ1) is 17.9. The Hall–Kier alpha value is -3.67. The first kappa shape index (κ1) is 26.4. The number of carbonyl (C=O) groups excluding carboxylic acids is 1. The fourth-order valence-electron chi connectivity index (χ4n) is 5.08. The summed E-state index contributed by atoms with van der Waals surface area (Å²) in [6, 6.07) is 9.63. The topological polar surface area (TPSA) is 64.4 Å². The number of aromatic nitrogens is 2. The predicted octanol–water partition coefficient (Wildman–Crippen LogP) is 5.79. The van der Waals surface area contributed by atoms with Crippen LogP contribution in [0.3, 0.4) is 0 Å². The Bertz CT molecular complexity index is 1300. The third kappa shape index (κ3) is 5.85. The number of benzene rings is 1. The van der Waals surface area contributed by atoms with E-state index in [-0.39, 0.29) is 24.3 Å². The SMILES string of the molecule is C=C/C(Cc1nc(=O)c(OCc2ccccc2)c2n1CCN(C(C)C)C2=O)=C(\C=C/C)C1=CCCCC1. The number of hydrogen-bond acceptors (Lipinski definition) is 4. The van der Waals surface area contributed by atoms with Gasteiger partial charge in [0.2, 0.25) is 5.75 Å². The van der Waals surface area contributed by atoms with Crippen LogP contribution in [0.15, 0.2) is 82.7 Å². The number of allylic oxidation sites excluding steroid dienone is 7. The maximum Gasteiger partial charge on any atom is 0.316 e. The average molecular weight is 500 g/mol. The fourth-order valence-corrected chi connectivity index (χ4v) is 5.08. The molecule has 1 aromatic carbocycles. The molecule has 2 heterocycles. The zero-order valence-corrected chi connectivity index (χ0v) is 22.2. The highest BCUT2D eigenvalue weighted by atomic mass is 16.5. The highest BCUT2D eigenvalue weighted by Gasteiger charge is 2.33. The number of ether oxygens (including phenoxy) is 1. The maximum absolute atomic E-state index is 13.6. The summed E-state index contributed by atoms with van der Waals surface area (Å²) in [6.45, 7) is 11.4. The van der Waals surface area contributed by atoms with E-state index in [1.807, 2.05) is 67.8 Å². The van der Waals surface area contributed by atoms with Gasteiger partial charge in [-0.15, -0.1) is 0 Å². The number of amides is 1. The third-order valence-electron chi connectivity index (χ3n) is 7.01. The molecular formula is C31H37N3O3. The van der Waals surface area contributed by atoms with Crippen molar-refractivity contribution in [1.29, 1.82) is 0 Å². The lowest BCUT2D eigenvalue weighted by molar-refractivity contribution is 0.0634. The van der Waals surface area contributed by atoms with Crippen LogP contribution in [0.4, 0.5) is 0 Å². The van der Waals surface area contributed by atoms with Gasteiger partial charge in [0.05, 0.1) is 0 Å². The second-order valence-electron chi connectivity index (χ2n) is 9.82. The minimum atomic E-state index is -0.510. The van der Waals surface area contributed by atoms with Gasteiger partial charge in [0.1, 0.15) is 12.4 Å². The molecule has 1 aliphatic heterocycles. The van der Waals surface area contributed by atoms with Crippen LogP contribution < -0.4 is 10.3 Å². The summed E-state index contributed by atoms with van der Waals surface area (Å²) in [7, 11) is 0. The first-order valence-electron chi connectivity index (χ1n) is 13.2. The molecule has 0 bridgehead atoms. The molecule has 0 spiro atoms. The van der Waals surface area contributed by atoms with Gasteiger partial charge in [0, 0.05) is 25.6 Å². The summed E-state index contributed by atoms with van der Waals surface area (Å²) >= 11 is 0. The maximum atomic E-state index is 13.6. The largest absolute Gasteiger partial charge is 0.481 e. The van der Waals surface area contributed by atoms with Gasteiger partial charge in [-0.2, -0.15) is 4.98 Å². The van der Waals surface area contributed by atoms with E-state index in [2.05, 4.69) is 23.7 Å². The lowest BCUT2D eigenvalue weighted by atomic mass is 9.89. The molecule has 1 aliphatic carbocycles. The highest BCUT2D eigenvalue weighted by molar-refractivity contribution is 5.96. The van der Waals surface area contributed by atoms with E-state index in [0.29, 0.717) is 31.0 Å². The van der Waals surface area contributed by atoms with Crippen molar-refractivity contribution in [2.75, 3.05) is 6.54 Å². The molecule has 194 valence electrons. The molecule has 0 fully saturated rings. The average Bonchev–Trinajstić information content (AvgIpc) is 2.91. The molecule has 0 unspecified atom stereocenters. The van der Waals surface area contributed by atoms with Crippen LogP contribution in [0.25, 0.3) is 0 Å². The molecule has 1 aromatic heterocycles. The Morgan fingerprint density at radius 3 is 2.59 bits per heavy atom. The molecule has 2 aliphatic rings. The number of hydrogen-bond donors (Lipinski definition) is 0. The van der Waals surface area contributed by atoms with Crippen molar-refractivity contribution >= 4 is 5.91 Å². The van der Waals surface area contributed by atoms with E-state index < -0.39 is 5.56 Å². The molecule has 4 rings (SSSR count). The monoisotopic (exact) mass is 499 g/mol. The van der Waals surface area contributed by atoms with E-state index >= 15 is 0 Å². The third-order valence-corrected chi connectivity index (χ3v) is 7.01. The first-order valence-corrected chi connectivity index (χ1v) is 13.2. The lowest BCUT2D eigenvalue weighted by Crippen LogP contribution is -2.46. The van der Waals surface area contributed by atoms with Crippen LogP contribution in [-0.4, -0.2) is 32.9 Å². The van der Waals surface area contributed by atoms with Crippen molar-refractivity contribution in [2.45, 2.75) is 72.1 Å². The molecule has 6 heteroatoms. The van der Waals surface area contributed by atoms with Crippen LogP contribution in [0.5, 0.6) is 5.75 Å². The van der Waals surface area contributed by atoms with Gasteiger partial charge in [0.25, 0.3) is 5.91 Å². The summed E-state index contributed by atoms with van der Waals surface area (Å²) in [5, 5.41) is 0. The van der Waals surface area contributed by atoms with Crippen molar-refractivity contribution in [3.05, 3.63) is 105 Å². The summed E-state index contributed by atoms with van der Waals surface area (Å²) in [5.74, 6) is 0.394. The van der Waals surface area contributed by atoms with Crippen molar-refractivity contribution in [1.82, 2.24) is 14.5 Å². The van der Waals surface area contributed by atoms with Crippen LogP contribution in [-0.2, 0) is 19.6 Å². The number of rotatable bonds is 9. The van der Waals surface area contributed by atoms with E-state index in [4.69, 9.17) is 4.74 Å². The summed E-state index contributed by atoms with van der Waals surface area (Å²) < 4.78 is 7.88. The molecule has 2 aromatic rings. The van der Waals surface area contributed by atoms with Crippen molar-refractivity contribution in [2.24, 2.45) is 0 Å². The standard InChI is InChI=1S/C31H37N3O3/c1-5-13-26(25-16-11-8-12-17-25)24(6-2)20-27-32-30(35)29(37-21-23-14-9-7-10-15-23)28-31(36)33(22(3)4)18-19-34(27)28/h5-7,9-10,13-16,22H,2,8,11-12,17-21H2,1,3-4H3/b13-5-,26-24-. The molecule has 0 atom stereocenters. The molecule has 0 N–H and O–H groups in total. The fraction of sp³-hybridized carbons (Fsp3) is 0.387. The molecule has 6 nitrogen and oxygen atoms in total. The predicted molar refractivity (Wildman–Crippen MR) is 148 cm³/mol. The second-order valence-corrected chi connectivity index (χ2v) is 9.82. The summed E-state index contributed by atoms with van der Waals surface area (Å²) in [6.07, 6.45) is 13.2. The van der Waals surface area contributed by atoms with Gasteiger partial charge in [-0.25, -0.2) is 0 Å². The van der Waals surface area contributed by atoms with Gasteiger partial charge < -0.3 is 14.2 Å². The molecule has 0 radical (unpaired) electrons. The van der Waals surface area contributed by atoms with Crippen LogP contribution in [0.1, 0.15) is 68.3 Å². The smallest absolute Gasteiger partial charge is 0.316 e.